The third-order valence-electron chi connectivity index (χ3n) is 7.67. The van der Waals surface area contributed by atoms with Crippen LogP contribution in [0.1, 0.15) is 63.8 Å². The molecule has 1 saturated carbocycles. The maximum atomic E-state index is 13.3. The summed E-state index contributed by atoms with van der Waals surface area (Å²) in [6, 6.07) is 18.9. The van der Waals surface area contributed by atoms with Crippen molar-refractivity contribution in [2.75, 3.05) is 31.1 Å². The molecule has 180 valence electrons. The van der Waals surface area contributed by atoms with Crippen LogP contribution in [-0.4, -0.2) is 52.0 Å². The van der Waals surface area contributed by atoms with E-state index in [9.17, 15) is 4.79 Å². The molecule has 2 heterocycles. The number of carbonyl (C=O) groups excluding carboxylic acids is 1. The van der Waals surface area contributed by atoms with Crippen molar-refractivity contribution in [3.63, 3.8) is 0 Å². The number of unbranched alkanes of at least 4 members (excludes halogenated alkanes) is 1. The Morgan fingerprint density at radius 1 is 0.882 bits per heavy atom. The van der Waals surface area contributed by atoms with Gasteiger partial charge in [0.05, 0.1) is 11.6 Å². The number of likely N-dealkylation sites (tertiary alicyclic amines) is 1. The molecule has 0 bridgehead atoms. The molecule has 1 aliphatic carbocycles. The zero-order valence-electron chi connectivity index (χ0n) is 20.2. The Kier molecular flexibility index (Phi) is 7.54. The number of benzene rings is 2. The SMILES string of the molecule is O=C(C1CCCCC1)N(CCCCN1CCC(n2nnc3ccccc32)CC1)c1ccccc1. The summed E-state index contributed by atoms with van der Waals surface area (Å²) in [6.07, 6.45) is 10.2. The van der Waals surface area contributed by atoms with Gasteiger partial charge in [-0.3, -0.25) is 4.79 Å². The molecule has 2 aliphatic rings. The van der Waals surface area contributed by atoms with Crippen molar-refractivity contribution in [2.45, 2.75) is 63.8 Å². The molecule has 6 heteroatoms. The Morgan fingerprint density at radius 3 is 2.41 bits per heavy atom. The van der Waals surface area contributed by atoms with Gasteiger partial charge in [0, 0.05) is 31.2 Å². The highest BCUT2D eigenvalue weighted by Gasteiger charge is 2.27. The minimum atomic E-state index is 0.209. The number of rotatable bonds is 8. The number of carbonyl (C=O) groups is 1. The van der Waals surface area contributed by atoms with E-state index in [-0.39, 0.29) is 5.92 Å². The number of piperidine rings is 1. The number of aromatic nitrogens is 3. The second kappa shape index (κ2) is 11.1. The smallest absolute Gasteiger partial charge is 0.230 e. The first-order chi connectivity index (χ1) is 16.8. The zero-order chi connectivity index (χ0) is 23.2. The number of amides is 1. The van der Waals surface area contributed by atoms with E-state index in [1.165, 1.54) is 19.3 Å². The molecule has 0 atom stereocenters. The van der Waals surface area contributed by atoms with Gasteiger partial charge in [0.25, 0.3) is 0 Å². The summed E-state index contributed by atoms with van der Waals surface area (Å²) >= 11 is 0. The topological polar surface area (TPSA) is 54.3 Å². The third-order valence-corrected chi connectivity index (χ3v) is 7.67. The first kappa shape index (κ1) is 23.0. The largest absolute Gasteiger partial charge is 0.312 e. The Hall–Kier alpha value is -2.73. The molecule has 2 fully saturated rings. The van der Waals surface area contributed by atoms with Gasteiger partial charge in [0.2, 0.25) is 5.91 Å². The number of para-hydroxylation sites is 2. The molecule has 0 N–H and O–H groups in total. The fourth-order valence-electron chi connectivity index (χ4n) is 5.69. The van der Waals surface area contributed by atoms with E-state index < -0.39 is 0 Å². The van der Waals surface area contributed by atoms with Gasteiger partial charge in [0.15, 0.2) is 0 Å². The van der Waals surface area contributed by atoms with E-state index in [1.54, 1.807) is 0 Å². The summed E-state index contributed by atoms with van der Waals surface area (Å²) < 4.78 is 2.13. The van der Waals surface area contributed by atoms with Crippen molar-refractivity contribution in [2.24, 2.45) is 5.92 Å². The second-order valence-electron chi connectivity index (χ2n) is 9.96. The molecule has 2 aromatic carbocycles. The van der Waals surface area contributed by atoms with Gasteiger partial charge in [-0.2, -0.15) is 0 Å². The lowest BCUT2D eigenvalue weighted by atomic mass is 9.88. The van der Waals surface area contributed by atoms with E-state index in [0.717, 1.165) is 81.4 Å². The number of fused-ring (bicyclic) bond motifs is 1. The molecule has 1 aromatic heterocycles. The average molecular weight is 460 g/mol. The average Bonchev–Trinajstić information content (AvgIpc) is 3.34. The normalized spacial score (nSPS) is 18.4. The van der Waals surface area contributed by atoms with Gasteiger partial charge < -0.3 is 9.80 Å². The van der Waals surface area contributed by atoms with Crippen LogP contribution < -0.4 is 4.90 Å². The fraction of sp³-hybridized carbons (Fsp3) is 0.536. The Balaban J connectivity index is 1.10. The first-order valence-corrected chi connectivity index (χ1v) is 13.2. The molecule has 0 radical (unpaired) electrons. The molecular weight excluding hydrogens is 422 g/mol. The van der Waals surface area contributed by atoms with Crippen molar-refractivity contribution in [1.29, 1.82) is 0 Å². The number of hydrogen-bond acceptors (Lipinski definition) is 4. The molecule has 0 spiro atoms. The molecule has 34 heavy (non-hydrogen) atoms. The van der Waals surface area contributed by atoms with Crippen LogP contribution in [0, 0.1) is 5.92 Å². The predicted molar refractivity (Wildman–Crippen MR) is 137 cm³/mol. The van der Waals surface area contributed by atoms with Gasteiger partial charge in [0.1, 0.15) is 5.52 Å². The summed E-state index contributed by atoms with van der Waals surface area (Å²) in [4.78, 5) is 18.0. The minimum absolute atomic E-state index is 0.209. The third kappa shape index (κ3) is 5.33. The van der Waals surface area contributed by atoms with Crippen LogP contribution in [0.4, 0.5) is 5.69 Å². The van der Waals surface area contributed by atoms with E-state index >= 15 is 0 Å². The lowest BCUT2D eigenvalue weighted by Crippen LogP contribution is -2.38. The van der Waals surface area contributed by atoms with Crippen LogP contribution in [0.5, 0.6) is 0 Å². The number of hydrogen-bond donors (Lipinski definition) is 0. The zero-order valence-corrected chi connectivity index (χ0v) is 20.2. The van der Waals surface area contributed by atoms with Gasteiger partial charge in [-0.25, -0.2) is 4.68 Å². The summed E-state index contributed by atoms with van der Waals surface area (Å²) in [5.41, 5.74) is 3.18. The standard InChI is InChI=1S/C28H37N5O/c34-28(23-11-3-1-4-12-23)32(24-13-5-2-6-14-24)20-10-9-19-31-21-17-25(18-22-31)33-27-16-8-7-15-26(27)29-30-33/h2,5-8,13-16,23,25H,1,3-4,9-12,17-22H2. The van der Waals surface area contributed by atoms with Crippen molar-refractivity contribution < 1.29 is 4.79 Å². The molecule has 1 amide bonds. The number of nitrogens with zero attached hydrogens (tertiary/aromatic N) is 5. The highest BCUT2D eigenvalue weighted by atomic mass is 16.2. The van der Waals surface area contributed by atoms with Gasteiger partial charge in [-0.1, -0.05) is 54.8 Å². The molecular formula is C28H37N5O. The van der Waals surface area contributed by atoms with Crippen LogP contribution in [0.3, 0.4) is 0 Å². The van der Waals surface area contributed by atoms with E-state index in [2.05, 4.69) is 49.1 Å². The molecule has 1 saturated heterocycles. The van der Waals surface area contributed by atoms with E-state index in [0.29, 0.717) is 11.9 Å². The van der Waals surface area contributed by atoms with Gasteiger partial charge >= 0.3 is 0 Å². The number of anilines is 1. The lowest BCUT2D eigenvalue weighted by Gasteiger charge is -2.32. The highest BCUT2D eigenvalue weighted by Crippen LogP contribution is 2.28. The maximum Gasteiger partial charge on any atom is 0.230 e. The second-order valence-corrected chi connectivity index (χ2v) is 9.96. The Morgan fingerprint density at radius 2 is 1.62 bits per heavy atom. The summed E-state index contributed by atoms with van der Waals surface area (Å²) in [5.74, 6) is 0.549. The van der Waals surface area contributed by atoms with Crippen LogP contribution in [-0.2, 0) is 4.79 Å². The molecule has 3 aromatic rings. The van der Waals surface area contributed by atoms with Crippen LogP contribution in [0.25, 0.3) is 11.0 Å². The molecule has 0 unspecified atom stereocenters. The predicted octanol–water partition coefficient (Wildman–Crippen LogP) is 5.46. The highest BCUT2D eigenvalue weighted by molar-refractivity contribution is 5.95. The summed E-state index contributed by atoms with van der Waals surface area (Å²) in [6.45, 7) is 4.12. The van der Waals surface area contributed by atoms with Gasteiger partial charge in [-0.05, 0) is 69.3 Å². The summed E-state index contributed by atoms with van der Waals surface area (Å²) in [7, 11) is 0. The summed E-state index contributed by atoms with van der Waals surface area (Å²) in [5, 5.41) is 8.76. The van der Waals surface area contributed by atoms with Crippen LogP contribution in [0.2, 0.25) is 0 Å². The van der Waals surface area contributed by atoms with Crippen molar-refractivity contribution in [1.82, 2.24) is 19.9 Å². The molecule has 1 aliphatic heterocycles. The maximum absolute atomic E-state index is 13.3. The van der Waals surface area contributed by atoms with Crippen molar-refractivity contribution in [3.8, 4) is 0 Å². The van der Waals surface area contributed by atoms with Crippen molar-refractivity contribution >= 4 is 22.6 Å². The Bertz CT molecular complexity index is 1050. The Labute approximate surface area is 202 Å². The lowest BCUT2D eigenvalue weighted by molar-refractivity contribution is -0.123. The quantitative estimate of drug-likeness (QED) is 0.420. The van der Waals surface area contributed by atoms with Gasteiger partial charge in [-0.15, -0.1) is 5.10 Å². The minimum Gasteiger partial charge on any atom is -0.312 e. The molecule has 6 nitrogen and oxygen atoms in total. The monoisotopic (exact) mass is 459 g/mol. The molecule has 5 rings (SSSR count). The fourth-order valence-corrected chi connectivity index (χ4v) is 5.69. The van der Waals surface area contributed by atoms with Crippen LogP contribution in [0.15, 0.2) is 54.6 Å². The first-order valence-electron chi connectivity index (χ1n) is 13.2. The van der Waals surface area contributed by atoms with Crippen LogP contribution >= 0.6 is 0 Å². The van der Waals surface area contributed by atoms with Crippen molar-refractivity contribution in [3.05, 3.63) is 54.6 Å². The van der Waals surface area contributed by atoms with E-state index in [4.69, 9.17) is 0 Å². The van der Waals surface area contributed by atoms with E-state index in [1.807, 2.05) is 30.3 Å².